The van der Waals surface area contributed by atoms with Crippen molar-refractivity contribution < 1.29 is 31.3 Å². The molecule has 6 heterocycles. The molecule has 0 unspecified atom stereocenters. The number of thiazole rings is 3. The number of hydrazine groups is 1. The first-order chi connectivity index (χ1) is 32.6. The zero-order chi connectivity index (χ0) is 47.8. The molecule has 0 fully saturated rings. The number of hydrogen-bond donors (Lipinski definition) is 3. The molecule has 3 aromatic carbocycles. The maximum absolute atomic E-state index is 13.1. The monoisotopic (exact) mass is 1010 g/mol. The average molecular weight is 1010 g/mol. The molecule has 0 saturated heterocycles. The van der Waals surface area contributed by atoms with Crippen molar-refractivity contribution in [3.63, 3.8) is 0 Å². The first kappa shape index (κ1) is 51.8. The van der Waals surface area contributed by atoms with Gasteiger partial charge in [0.15, 0.2) is 5.13 Å². The van der Waals surface area contributed by atoms with Crippen LogP contribution in [0, 0.1) is 17.0 Å². The summed E-state index contributed by atoms with van der Waals surface area (Å²) in [6, 6.07) is 23.7. The van der Waals surface area contributed by atoms with Gasteiger partial charge in [0.05, 0.1) is 66.9 Å². The molecule has 21 heteroatoms. The lowest BCUT2D eigenvalue weighted by molar-refractivity contribution is -0.385. The van der Waals surface area contributed by atoms with Crippen LogP contribution >= 0.6 is 34.0 Å². The van der Waals surface area contributed by atoms with Gasteiger partial charge in [-0.1, -0.05) is 63.4 Å². The van der Waals surface area contributed by atoms with Gasteiger partial charge >= 0.3 is 12.4 Å². The molecule has 3 N–H and O–H groups in total. The number of halogens is 6. The number of nitrogens with one attached hydrogen (secondary N) is 3. The lowest BCUT2D eigenvalue weighted by atomic mass is 10.1. The zero-order valence-corrected chi connectivity index (χ0v) is 37.7. The van der Waals surface area contributed by atoms with Gasteiger partial charge in [-0.15, -0.1) is 34.0 Å². The fraction of sp³-hybridized carbons (Fsp3) is 0.143. The van der Waals surface area contributed by atoms with E-state index in [4.69, 9.17) is 4.98 Å². The van der Waals surface area contributed by atoms with E-state index in [9.17, 15) is 36.5 Å². The van der Waals surface area contributed by atoms with Crippen molar-refractivity contribution in [1.29, 1.82) is 0 Å². The molecular weight excluding hydrogens is 971 g/mol. The van der Waals surface area contributed by atoms with Gasteiger partial charge in [-0.2, -0.15) is 26.3 Å². The number of benzene rings is 3. The van der Waals surface area contributed by atoms with E-state index in [2.05, 4.69) is 47.2 Å². The summed E-state index contributed by atoms with van der Waals surface area (Å²) in [5.74, 6) is 0. The first-order valence-corrected chi connectivity index (χ1v) is 22.8. The summed E-state index contributed by atoms with van der Waals surface area (Å²) in [6.07, 6.45) is 1.22. The highest BCUT2D eigenvalue weighted by Gasteiger charge is 2.31. The smallest absolute Gasteiger partial charge is 0.332 e. The second kappa shape index (κ2) is 22.7. The van der Waals surface area contributed by atoms with Gasteiger partial charge in [-0.3, -0.25) is 35.9 Å². The Morgan fingerprint density at radius 1 is 0.557 bits per heavy atom. The van der Waals surface area contributed by atoms with E-state index >= 15 is 0 Å². The zero-order valence-electron chi connectivity index (χ0n) is 35.2. The molecule has 0 aliphatic rings. The van der Waals surface area contributed by atoms with Gasteiger partial charge < -0.3 is 5.32 Å². The van der Waals surface area contributed by atoms with Crippen molar-refractivity contribution in [2.75, 3.05) is 16.2 Å². The minimum atomic E-state index is -4.39. The number of aromatic nitrogens is 6. The fourth-order valence-electron chi connectivity index (χ4n) is 6.53. The molecule has 70 heavy (non-hydrogen) atoms. The standard InChI is InChI=1S/C31H24F3N7S2.C16H10F3N3O2S.2CH4/c1-19-4-2-7-24(8-19)37-30-39-28(18-43-30)22-12-26(16-36-14-22)41-40-25-11-21(13-35-15-25)27-17-42-29(38-27)10-20-5-3-6-23(9-20)31(32,33)34;17-16(18,19)12-3-1-2-10(4-12)5-15-21-14(9-25-15)11-6-13(22(23)24)8-20-7-11;;/h2-9,11-18,40-41H,10H2,1H3,(H,37,39);1-4,6-9H,5H2;2*1H4. The Morgan fingerprint density at radius 3 is 1.53 bits per heavy atom. The molecule has 0 aliphatic heterocycles. The quantitative estimate of drug-likeness (QED) is 0.0574. The molecule has 9 rings (SSSR count). The summed E-state index contributed by atoms with van der Waals surface area (Å²) >= 11 is 4.19. The third-order valence-electron chi connectivity index (χ3n) is 9.75. The molecule has 360 valence electrons. The predicted molar refractivity (Wildman–Crippen MR) is 266 cm³/mol. The number of nitrogens with zero attached hydrogens (tertiary/aromatic N) is 7. The highest BCUT2D eigenvalue weighted by atomic mass is 32.1. The topological polar surface area (TPSA) is 157 Å². The predicted octanol–water partition coefficient (Wildman–Crippen LogP) is 14.8. The average Bonchev–Trinajstić information content (AvgIpc) is 4.11. The van der Waals surface area contributed by atoms with Gasteiger partial charge in [0, 0.05) is 76.0 Å². The van der Waals surface area contributed by atoms with E-state index in [0.717, 1.165) is 57.7 Å². The minimum Gasteiger partial charge on any atom is -0.332 e. The van der Waals surface area contributed by atoms with Crippen LogP contribution in [0.25, 0.3) is 33.8 Å². The van der Waals surface area contributed by atoms with E-state index in [0.29, 0.717) is 50.2 Å². The number of hydrogen-bond acceptors (Lipinski definition) is 14. The van der Waals surface area contributed by atoms with Crippen molar-refractivity contribution in [1.82, 2.24) is 29.9 Å². The lowest BCUT2D eigenvalue weighted by Crippen LogP contribution is -2.09. The highest BCUT2D eigenvalue weighted by Crippen LogP contribution is 2.34. The number of anilines is 4. The Balaban J connectivity index is 0.000000255. The van der Waals surface area contributed by atoms with Crippen molar-refractivity contribution in [3.05, 3.63) is 192 Å². The summed E-state index contributed by atoms with van der Waals surface area (Å²) in [5.41, 5.74) is 13.6. The Hall–Kier alpha value is -7.62. The third kappa shape index (κ3) is 13.8. The van der Waals surface area contributed by atoms with Gasteiger partial charge in [-0.05, 0) is 60.0 Å². The molecule has 0 saturated carbocycles. The second-order valence-corrected chi connectivity index (χ2v) is 17.6. The van der Waals surface area contributed by atoms with Crippen LogP contribution in [0.3, 0.4) is 0 Å². The Kier molecular flexibility index (Phi) is 16.8. The summed E-state index contributed by atoms with van der Waals surface area (Å²) in [5, 5.41) is 21.8. The number of pyridine rings is 3. The molecule has 0 spiro atoms. The Morgan fingerprint density at radius 2 is 1.03 bits per heavy atom. The molecule has 0 atom stereocenters. The molecule has 12 nitrogen and oxygen atoms in total. The van der Waals surface area contributed by atoms with Crippen LogP contribution in [0.4, 0.5) is 54.2 Å². The maximum atomic E-state index is 13.1. The minimum absolute atomic E-state index is 0. The number of nitro groups is 1. The fourth-order valence-corrected chi connectivity index (χ4v) is 8.95. The largest absolute Gasteiger partial charge is 0.416 e. The molecule has 0 radical (unpaired) electrons. The van der Waals surface area contributed by atoms with Gasteiger partial charge in [-0.25, -0.2) is 15.0 Å². The number of rotatable bonds is 13. The van der Waals surface area contributed by atoms with Crippen LogP contribution in [0.15, 0.2) is 144 Å². The van der Waals surface area contributed by atoms with Crippen LogP contribution < -0.4 is 16.2 Å². The van der Waals surface area contributed by atoms with E-state index < -0.39 is 28.4 Å². The van der Waals surface area contributed by atoms with Gasteiger partial charge in [0.1, 0.15) is 6.20 Å². The summed E-state index contributed by atoms with van der Waals surface area (Å²) < 4.78 is 77.5. The van der Waals surface area contributed by atoms with Crippen molar-refractivity contribution in [2.45, 2.75) is 47.0 Å². The molecule has 0 aliphatic carbocycles. The van der Waals surface area contributed by atoms with Gasteiger partial charge in [0.25, 0.3) is 5.69 Å². The van der Waals surface area contributed by atoms with Crippen LogP contribution in [0.2, 0.25) is 0 Å². The molecule has 0 amide bonds. The summed E-state index contributed by atoms with van der Waals surface area (Å²) in [4.78, 5) is 36.4. The van der Waals surface area contributed by atoms with Crippen LogP contribution in [-0.2, 0) is 25.2 Å². The molecule has 6 aromatic heterocycles. The number of aryl methyl sites for hydroxylation is 1. The van der Waals surface area contributed by atoms with Crippen LogP contribution in [0.1, 0.15) is 52.7 Å². The highest BCUT2D eigenvalue weighted by molar-refractivity contribution is 7.14. The SMILES string of the molecule is C.C.Cc1cccc(Nc2nc(-c3cncc(NNc4cncc(-c5csc(Cc6cccc(C(F)(F)F)c6)n5)c4)c3)cs2)c1.O=[N+]([O-])c1cncc(-c2csc(Cc3cccc(C(F)(F)F)c3)n2)c1. The summed E-state index contributed by atoms with van der Waals surface area (Å²) in [7, 11) is 0. The van der Waals surface area contributed by atoms with Crippen molar-refractivity contribution in [2.24, 2.45) is 0 Å². The van der Waals surface area contributed by atoms with E-state index in [1.54, 1.807) is 42.3 Å². The Labute approximate surface area is 410 Å². The lowest BCUT2D eigenvalue weighted by Gasteiger charge is -2.10. The second-order valence-electron chi connectivity index (χ2n) is 14.9. The number of alkyl halides is 6. The molecule has 0 bridgehead atoms. The normalized spacial score (nSPS) is 11.1. The third-order valence-corrected chi connectivity index (χ3v) is 12.2. The maximum Gasteiger partial charge on any atom is 0.416 e. The van der Waals surface area contributed by atoms with Crippen LogP contribution in [-0.4, -0.2) is 34.8 Å². The van der Waals surface area contributed by atoms with Crippen molar-refractivity contribution in [3.8, 4) is 33.8 Å². The van der Waals surface area contributed by atoms with Crippen molar-refractivity contribution >= 4 is 61.9 Å². The molecule has 9 aromatic rings. The van der Waals surface area contributed by atoms with E-state index in [1.807, 2.05) is 48.0 Å². The van der Waals surface area contributed by atoms with E-state index in [1.165, 1.54) is 70.0 Å². The Bertz CT molecular complexity index is 3190. The van der Waals surface area contributed by atoms with Gasteiger partial charge in [0.2, 0.25) is 0 Å². The summed E-state index contributed by atoms with van der Waals surface area (Å²) in [6.45, 7) is 2.05. The van der Waals surface area contributed by atoms with Crippen LogP contribution in [0.5, 0.6) is 0 Å². The molecular formula is C49H42F6N10O2S3. The van der Waals surface area contributed by atoms with E-state index in [-0.39, 0.29) is 27.0 Å². The first-order valence-electron chi connectivity index (χ1n) is 20.1.